The van der Waals surface area contributed by atoms with E-state index in [0.717, 1.165) is 23.3 Å². The van der Waals surface area contributed by atoms with Crippen molar-refractivity contribution in [1.29, 1.82) is 0 Å². The highest BCUT2D eigenvalue weighted by molar-refractivity contribution is 9.10. The van der Waals surface area contributed by atoms with E-state index in [9.17, 15) is 9.90 Å². The van der Waals surface area contributed by atoms with E-state index in [1.807, 2.05) is 59.5 Å². The van der Waals surface area contributed by atoms with Gasteiger partial charge in [-0.05, 0) is 36.4 Å². The molecule has 2 N–H and O–H groups in total. The predicted octanol–water partition coefficient (Wildman–Crippen LogP) is -1.77. The maximum absolute atomic E-state index is 12.5. The zero-order valence-electron chi connectivity index (χ0n) is 15.0. The molecule has 7 heteroatoms. The quantitative estimate of drug-likeness (QED) is 0.542. The van der Waals surface area contributed by atoms with E-state index in [2.05, 4.69) is 15.9 Å². The maximum Gasteiger partial charge on any atom is 0.254 e. The summed E-state index contributed by atoms with van der Waals surface area (Å²) in [7, 11) is 0. The zero-order chi connectivity index (χ0) is 18.4. The van der Waals surface area contributed by atoms with Gasteiger partial charge in [-0.1, -0.05) is 34.1 Å². The standard InChI is InChI=1S/C20H23BrN2O3.ClH/c21-17-8-6-16(7-9-17)20(25)23-12-10-22(11-13-23)14-18(24)15-26-19-4-2-1-3-5-19;/h1-9,18,24H,10-15H2;1H. The van der Waals surface area contributed by atoms with E-state index in [0.29, 0.717) is 25.2 Å². The Bertz CT molecular complexity index is 707. The Labute approximate surface area is 174 Å². The molecule has 2 aromatic rings. The van der Waals surface area contributed by atoms with Crippen molar-refractivity contribution in [1.82, 2.24) is 4.90 Å². The van der Waals surface area contributed by atoms with Gasteiger partial charge in [-0.3, -0.25) is 4.79 Å². The maximum atomic E-state index is 12.5. The van der Waals surface area contributed by atoms with Crippen LogP contribution in [-0.2, 0) is 0 Å². The fourth-order valence-corrected chi connectivity index (χ4v) is 3.37. The molecule has 0 aromatic heterocycles. The minimum absolute atomic E-state index is 0. The first-order valence-electron chi connectivity index (χ1n) is 8.86. The Morgan fingerprint density at radius 3 is 2.37 bits per heavy atom. The number of piperazine rings is 1. The molecule has 146 valence electrons. The number of hydrogen-bond acceptors (Lipinski definition) is 3. The first-order valence-corrected chi connectivity index (χ1v) is 9.65. The molecule has 3 rings (SSSR count). The Hall–Kier alpha value is -1.60. The number of para-hydroxylation sites is 1. The van der Waals surface area contributed by atoms with Gasteiger partial charge in [0.15, 0.2) is 0 Å². The van der Waals surface area contributed by atoms with E-state index in [1.165, 1.54) is 4.90 Å². The summed E-state index contributed by atoms with van der Waals surface area (Å²) in [6, 6.07) is 17.0. The number of carbonyl (C=O) groups excluding carboxylic acids is 1. The molecule has 0 radical (unpaired) electrons. The normalized spacial score (nSPS) is 15.7. The zero-order valence-corrected chi connectivity index (χ0v) is 17.3. The second-order valence-electron chi connectivity index (χ2n) is 6.53. The molecule has 1 atom stereocenters. The Balaban J connectivity index is 0.00000261. The third-order valence-corrected chi connectivity index (χ3v) is 5.09. The number of nitrogens with one attached hydrogen (secondary N) is 1. The van der Waals surface area contributed by atoms with Crippen LogP contribution >= 0.6 is 15.9 Å². The lowest BCUT2D eigenvalue weighted by Crippen LogP contribution is -3.16. The van der Waals surface area contributed by atoms with Gasteiger partial charge >= 0.3 is 0 Å². The van der Waals surface area contributed by atoms with Gasteiger partial charge in [0.05, 0.1) is 26.2 Å². The second kappa shape index (κ2) is 10.7. The monoisotopic (exact) mass is 454 g/mol. The van der Waals surface area contributed by atoms with E-state index in [4.69, 9.17) is 4.74 Å². The molecule has 27 heavy (non-hydrogen) atoms. The van der Waals surface area contributed by atoms with Gasteiger partial charge in [0, 0.05) is 10.0 Å². The smallest absolute Gasteiger partial charge is 0.254 e. The van der Waals surface area contributed by atoms with Crippen LogP contribution in [0.4, 0.5) is 0 Å². The van der Waals surface area contributed by atoms with Crippen LogP contribution in [0.1, 0.15) is 10.4 Å². The van der Waals surface area contributed by atoms with Gasteiger partial charge in [0.1, 0.15) is 25.0 Å². The summed E-state index contributed by atoms with van der Waals surface area (Å²) in [5.74, 6) is 0.843. The average Bonchev–Trinajstić information content (AvgIpc) is 2.68. The van der Waals surface area contributed by atoms with E-state index in [1.54, 1.807) is 0 Å². The molecular weight excluding hydrogens is 432 g/mol. The number of quaternary nitrogens is 1. The Kier molecular flexibility index (Phi) is 8.57. The van der Waals surface area contributed by atoms with Crippen LogP contribution in [0.2, 0.25) is 0 Å². The van der Waals surface area contributed by atoms with Crippen LogP contribution in [0.3, 0.4) is 0 Å². The molecule has 1 amide bonds. The number of halogens is 2. The van der Waals surface area contributed by atoms with Crippen LogP contribution in [0, 0.1) is 0 Å². The van der Waals surface area contributed by atoms with Gasteiger partial charge in [0.2, 0.25) is 0 Å². The molecule has 0 aliphatic carbocycles. The molecule has 0 spiro atoms. The molecule has 1 saturated heterocycles. The van der Waals surface area contributed by atoms with Crippen molar-refractivity contribution < 1.29 is 31.9 Å². The number of nitrogens with zero attached hydrogens (tertiary/aromatic N) is 1. The number of carbonyl (C=O) groups is 1. The lowest BCUT2D eigenvalue weighted by molar-refractivity contribution is -0.907. The predicted molar refractivity (Wildman–Crippen MR) is 104 cm³/mol. The molecule has 0 bridgehead atoms. The van der Waals surface area contributed by atoms with Crippen molar-refractivity contribution in [2.75, 3.05) is 39.3 Å². The first-order chi connectivity index (χ1) is 12.6. The fraction of sp³-hybridized carbons (Fsp3) is 0.350. The highest BCUT2D eigenvalue weighted by Gasteiger charge is 2.26. The summed E-state index contributed by atoms with van der Waals surface area (Å²) in [5, 5.41) is 10.2. The van der Waals surface area contributed by atoms with Crippen molar-refractivity contribution in [2.45, 2.75) is 6.10 Å². The lowest BCUT2D eigenvalue weighted by atomic mass is 10.2. The molecule has 1 unspecified atom stereocenters. The summed E-state index contributed by atoms with van der Waals surface area (Å²) < 4.78 is 6.57. The van der Waals surface area contributed by atoms with Crippen LogP contribution in [0.25, 0.3) is 0 Å². The highest BCUT2D eigenvalue weighted by atomic mass is 79.9. The van der Waals surface area contributed by atoms with Gasteiger partial charge in [0.25, 0.3) is 5.91 Å². The number of benzene rings is 2. The SMILES string of the molecule is O=C(c1ccc(Br)cc1)N1CC[NH+](CC(O)COc2ccccc2)CC1.[Cl-]. The van der Waals surface area contributed by atoms with Gasteiger partial charge in [-0.2, -0.15) is 0 Å². The van der Waals surface area contributed by atoms with E-state index >= 15 is 0 Å². The largest absolute Gasteiger partial charge is 1.00 e. The summed E-state index contributed by atoms with van der Waals surface area (Å²) in [4.78, 5) is 15.7. The van der Waals surface area contributed by atoms with Crippen LogP contribution in [-0.4, -0.2) is 61.3 Å². The van der Waals surface area contributed by atoms with Crippen molar-refractivity contribution >= 4 is 21.8 Å². The molecule has 1 aliphatic rings. The summed E-state index contributed by atoms with van der Waals surface area (Å²) in [6.45, 7) is 4.00. The Morgan fingerprint density at radius 2 is 1.74 bits per heavy atom. The minimum Gasteiger partial charge on any atom is -1.00 e. The van der Waals surface area contributed by atoms with Crippen LogP contribution in [0.15, 0.2) is 59.1 Å². The van der Waals surface area contributed by atoms with Gasteiger partial charge < -0.3 is 32.1 Å². The number of ether oxygens (including phenoxy) is 1. The topological polar surface area (TPSA) is 54.2 Å². The number of aliphatic hydroxyl groups is 1. The van der Waals surface area contributed by atoms with E-state index < -0.39 is 6.10 Å². The number of hydrogen-bond donors (Lipinski definition) is 2. The second-order valence-corrected chi connectivity index (χ2v) is 7.45. The van der Waals surface area contributed by atoms with Crippen LogP contribution in [0.5, 0.6) is 5.75 Å². The summed E-state index contributed by atoms with van der Waals surface area (Å²) in [6.07, 6.45) is -0.515. The summed E-state index contributed by atoms with van der Waals surface area (Å²) in [5.41, 5.74) is 0.716. The van der Waals surface area contributed by atoms with Crippen molar-refractivity contribution in [2.24, 2.45) is 0 Å². The average molecular weight is 456 g/mol. The third kappa shape index (κ3) is 6.50. The van der Waals surface area contributed by atoms with E-state index in [-0.39, 0.29) is 24.9 Å². The molecule has 1 fully saturated rings. The summed E-state index contributed by atoms with van der Waals surface area (Å²) >= 11 is 3.39. The molecule has 2 aromatic carbocycles. The molecule has 1 aliphatic heterocycles. The molecule has 5 nitrogen and oxygen atoms in total. The van der Waals surface area contributed by atoms with Gasteiger partial charge in [-0.25, -0.2) is 0 Å². The van der Waals surface area contributed by atoms with Gasteiger partial charge in [-0.15, -0.1) is 0 Å². The number of amides is 1. The molecular formula is C20H24BrClN2O3. The minimum atomic E-state index is -0.515. The lowest BCUT2D eigenvalue weighted by Gasteiger charge is -2.33. The number of rotatable bonds is 6. The number of aliphatic hydroxyl groups excluding tert-OH is 1. The molecule has 1 heterocycles. The van der Waals surface area contributed by atoms with Crippen molar-refractivity contribution in [3.05, 3.63) is 64.6 Å². The first kappa shape index (κ1) is 21.7. The Morgan fingerprint density at radius 1 is 1.11 bits per heavy atom. The van der Waals surface area contributed by atoms with Crippen LogP contribution < -0.4 is 22.0 Å². The third-order valence-electron chi connectivity index (χ3n) is 4.56. The van der Waals surface area contributed by atoms with Crippen molar-refractivity contribution in [3.63, 3.8) is 0 Å². The highest BCUT2D eigenvalue weighted by Crippen LogP contribution is 2.12. The van der Waals surface area contributed by atoms with Crippen molar-refractivity contribution in [3.8, 4) is 5.75 Å². The fourth-order valence-electron chi connectivity index (χ4n) is 3.11. The molecule has 0 saturated carbocycles.